The van der Waals surface area contributed by atoms with Gasteiger partial charge in [0.1, 0.15) is 5.82 Å². The van der Waals surface area contributed by atoms with Gasteiger partial charge in [0.15, 0.2) is 0 Å². The van der Waals surface area contributed by atoms with Crippen LogP contribution in [0.2, 0.25) is 0 Å². The molecule has 1 aliphatic carbocycles. The molecule has 1 heterocycles. The summed E-state index contributed by atoms with van der Waals surface area (Å²) in [6, 6.07) is 4.21. The average molecular weight is 339 g/mol. The average Bonchev–Trinajstić information content (AvgIpc) is 2.89. The summed E-state index contributed by atoms with van der Waals surface area (Å²) >= 11 is 0. The molecule has 0 amide bonds. The SMILES string of the molecule is Cn1cc(C(NS(=O)(=O)c2ccc(F)cc2)C2CC(O)C2)cn1. The maximum Gasteiger partial charge on any atom is 0.241 e. The molecule has 23 heavy (non-hydrogen) atoms. The molecule has 0 radical (unpaired) electrons. The number of hydrogen-bond donors (Lipinski definition) is 2. The Hall–Kier alpha value is -1.77. The fraction of sp³-hybridized carbons (Fsp3) is 0.400. The minimum atomic E-state index is -3.79. The van der Waals surface area contributed by atoms with Crippen molar-refractivity contribution in [1.82, 2.24) is 14.5 Å². The van der Waals surface area contributed by atoms with Gasteiger partial charge in [0.2, 0.25) is 10.0 Å². The highest BCUT2D eigenvalue weighted by Gasteiger charge is 2.37. The standard InChI is InChI=1S/C15H18FN3O3S/c1-19-9-11(8-17-19)15(10-6-13(20)7-10)18-23(21,22)14-4-2-12(16)3-5-14/h2-5,8-10,13,15,18,20H,6-7H2,1H3. The van der Waals surface area contributed by atoms with Crippen molar-refractivity contribution >= 4 is 10.0 Å². The van der Waals surface area contributed by atoms with Gasteiger partial charge in [-0.15, -0.1) is 0 Å². The van der Waals surface area contributed by atoms with Gasteiger partial charge in [-0.1, -0.05) is 0 Å². The van der Waals surface area contributed by atoms with Gasteiger partial charge in [0.25, 0.3) is 0 Å². The molecule has 1 unspecified atom stereocenters. The smallest absolute Gasteiger partial charge is 0.241 e. The molecule has 0 saturated heterocycles. The Labute approximate surface area is 134 Å². The third-order valence-corrected chi connectivity index (χ3v) is 5.57. The predicted molar refractivity (Wildman–Crippen MR) is 81.4 cm³/mol. The number of benzene rings is 1. The molecule has 2 N–H and O–H groups in total. The first-order chi connectivity index (χ1) is 10.8. The highest BCUT2D eigenvalue weighted by molar-refractivity contribution is 7.89. The number of aliphatic hydroxyl groups excluding tert-OH is 1. The Morgan fingerprint density at radius 2 is 2.00 bits per heavy atom. The molecule has 0 aliphatic heterocycles. The summed E-state index contributed by atoms with van der Waals surface area (Å²) in [6.45, 7) is 0. The molecular weight excluding hydrogens is 321 g/mol. The number of hydrogen-bond acceptors (Lipinski definition) is 4. The Morgan fingerprint density at radius 1 is 1.35 bits per heavy atom. The number of halogens is 1. The summed E-state index contributed by atoms with van der Waals surface area (Å²) in [4.78, 5) is 0.00709. The number of sulfonamides is 1. The zero-order chi connectivity index (χ0) is 16.6. The fourth-order valence-corrected chi connectivity index (χ4v) is 4.08. The van der Waals surface area contributed by atoms with Gasteiger partial charge in [0, 0.05) is 18.8 Å². The maximum absolute atomic E-state index is 13.0. The van der Waals surface area contributed by atoms with Crippen molar-refractivity contribution in [3.63, 3.8) is 0 Å². The Bertz CT molecular complexity index is 783. The van der Waals surface area contributed by atoms with E-state index in [0.717, 1.165) is 17.7 Å². The highest BCUT2D eigenvalue weighted by atomic mass is 32.2. The third-order valence-electron chi connectivity index (χ3n) is 4.11. The van der Waals surface area contributed by atoms with Crippen LogP contribution in [0, 0.1) is 11.7 Å². The lowest BCUT2D eigenvalue weighted by molar-refractivity contribution is 0.0280. The van der Waals surface area contributed by atoms with Crippen molar-refractivity contribution in [2.75, 3.05) is 0 Å². The summed E-state index contributed by atoms with van der Waals surface area (Å²) in [7, 11) is -2.03. The number of aryl methyl sites for hydroxylation is 1. The first kappa shape index (κ1) is 16.1. The van der Waals surface area contributed by atoms with Gasteiger partial charge in [-0.2, -0.15) is 5.10 Å². The minimum Gasteiger partial charge on any atom is -0.393 e. The fourth-order valence-electron chi connectivity index (χ4n) is 2.79. The molecular formula is C15H18FN3O3S. The van der Waals surface area contributed by atoms with E-state index in [1.807, 2.05) is 0 Å². The van der Waals surface area contributed by atoms with E-state index in [1.165, 1.54) is 12.1 Å². The van der Waals surface area contributed by atoms with Crippen LogP contribution in [0.5, 0.6) is 0 Å². The lowest BCUT2D eigenvalue weighted by Gasteiger charge is -2.37. The van der Waals surface area contributed by atoms with Crippen LogP contribution in [-0.4, -0.2) is 29.4 Å². The molecule has 0 spiro atoms. The molecule has 124 valence electrons. The lowest BCUT2D eigenvalue weighted by Crippen LogP contribution is -2.41. The lowest BCUT2D eigenvalue weighted by atomic mass is 9.76. The van der Waals surface area contributed by atoms with Crippen LogP contribution >= 0.6 is 0 Å². The Balaban J connectivity index is 1.87. The summed E-state index contributed by atoms with van der Waals surface area (Å²) in [6.07, 6.45) is 4.04. The summed E-state index contributed by atoms with van der Waals surface area (Å²) < 4.78 is 42.3. The zero-order valence-electron chi connectivity index (χ0n) is 12.6. The molecule has 0 bridgehead atoms. The van der Waals surface area contributed by atoms with Crippen molar-refractivity contribution in [3.05, 3.63) is 48.0 Å². The van der Waals surface area contributed by atoms with Crippen molar-refractivity contribution in [2.24, 2.45) is 13.0 Å². The van der Waals surface area contributed by atoms with Crippen LogP contribution in [-0.2, 0) is 17.1 Å². The normalized spacial score (nSPS) is 22.6. The molecule has 1 fully saturated rings. The quantitative estimate of drug-likeness (QED) is 0.861. The monoisotopic (exact) mass is 339 g/mol. The van der Waals surface area contributed by atoms with Crippen LogP contribution in [0.3, 0.4) is 0 Å². The largest absolute Gasteiger partial charge is 0.393 e. The number of aliphatic hydroxyl groups is 1. The molecule has 3 rings (SSSR count). The number of aromatic nitrogens is 2. The van der Waals surface area contributed by atoms with Crippen molar-refractivity contribution in [2.45, 2.75) is 29.9 Å². The molecule has 1 aliphatic rings. The van der Waals surface area contributed by atoms with Crippen LogP contribution in [0.1, 0.15) is 24.4 Å². The van der Waals surface area contributed by atoms with E-state index in [9.17, 15) is 17.9 Å². The van der Waals surface area contributed by atoms with Crippen LogP contribution in [0.25, 0.3) is 0 Å². The van der Waals surface area contributed by atoms with Gasteiger partial charge in [-0.05, 0) is 43.0 Å². The minimum absolute atomic E-state index is 0.00410. The van der Waals surface area contributed by atoms with E-state index in [4.69, 9.17) is 0 Å². The Kier molecular flexibility index (Phi) is 4.22. The summed E-state index contributed by atoms with van der Waals surface area (Å²) in [5.41, 5.74) is 0.745. The van der Waals surface area contributed by atoms with Gasteiger partial charge >= 0.3 is 0 Å². The molecule has 8 heteroatoms. The number of nitrogens with one attached hydrogen (secondary N) is 1. The first-order valence-electron chi connectivity index (χ1n) is 7.29. The van der Waals surface area contributed by atoms with E-state index in [-0.39, 0.29) is 10.8 Å². The summed E-state index contributed by atoms with van der Waals surface area (Å²) in [5, 5.41) is 13.6. The molecule has 6 nitrogen and oxygen atoms in total. The second kappa shape index (κ2) is 6.03. The molecule has 1 aromatic heterocycles. The maximum atomic E-state index is 13.0. The zero-order valence-corrected chi connectivity index (χ0v) is 13.4. The van der Waals surface area contributed by atoms with Crippen molar-refractivity contribution < 1.29 is 17.9 Å². The first-order valence-corrected chi connectivity index (χ1v) is 8.78. The van der Waals surface area contributed by atoms with Crippen LogP contribution in [0.15, 0.2) is 41.6 Å². The third kappa shape index (κ3) is 3.44. The van der Waals surface area contributed by atoms with Crippen LogP contribution < -0.4 is 4.72 Å². The van der Waals surface area contributed by atoms with Gasteiger partial charge < -0.3 is 5.11 Å². The summed E-state index contributed by atoms with van der Waals surface area (Å²) in [5.74, 6) is -0.487. The molecule has 2 aromatic rings. The second-order valence-electron chi connectivity index (χ2n) is 5.89. The predicted octanol–water partition coefficient (Wildman–Crippen LogP) is 1.35. The number of rotatable bonds is 5. The Morgan fingerprint density at radius 3 is 2.52 bits per heavy atom. The van der Waals surface area contributed by atoms with Gasteiger partial charge in [-0.25, -0.2) is 17.5 Å². The van der Waals surface area contributed by atoms with E-state index in [2.05, 4.69) is 9.82 Å². The van der Waals surface area contributed by atoms with E-state index >= 15 is 0 Å². The van der Waals surface area contributed by atoms with Crippen molar-refractivity contribution in [3.8, 4) is 0 Å². The topological polar surface area (TPSA) is 84.2 Å². The molecule has 1 saturated carbocycles. The molecule has 1 atom stereocenters. The number of nitrogens with zero attached hydrogens (tertiary/aromatic N) is 2. The second-order valence-corrected chi connectivity index (χ2v) is 7.60. The van der Waals surface area contributed by atoms with E-state index in [1.54, 1.807) is 24.1 Å². The van der Waals surface area contributed by atoms with E-state index < -0.39 is 28.0 Å². The van der Waals surface area contributed by atoms with Gasteiger partial charge in [-0.3, -0.25) is 4.68 Å². The molecule has 1 aromatic carbocycles. The van der Waals surface area contributed by atoms with Crippen molar-refractivity contribution in [1.29, 1.82) is 0 Å². The van der Waals surface area contributed by atoms with Crippen LogP contribution in [0.4, 0.5) is 4.39 Å². The highest BCUT2D eigenvalue weighted by Crippen LogP contribution is 2.38. The van der Waals surface area contributed by atoms with E-state index in [0.29, 0.717) is 12.8 Å². The van der Waals surface area contributed by atoms with Gasteiger partial charge in [0.05, 0.1) is 23.2 Å².